The predicted octanol–water partition coefficient (Wildman–Crippen LogP) is 6.17. The van der Waals surface area contributed by atoms with Gasteiger partial charge in [0.1, 0.15) is 6.61 Å². The smallest absolute Gasteiger partial charge is 0.226 e. The van der Waals surface area contributed by atoms with Crippen molar-refractivity contribution >= 4 is 5.91 Å². The van der Waals surface area contributed by atoms with Crippen molar-refractivity contribution in [3.8, 4) is 22.9 Å². The first-order valence-corrected chi connectivity index (χ1v) is 12.0. The zero-order valence-corrected chi connectivity index (χ0v) is 19.7. The average Bonchev–Trinajstić information content (AvgIpc) is 3.18. The monoisotopic (exact) mass is 468 g/mol. The zero-order valence-electron chi connectivity index (χ0n) is 19.7. The van der Waals surface area contributed by atoms with Crippen LogP contribution >= 0.6 is 0 Å². The molecule has 178 valence electrons. The molecule has 0 aromatic heterocycles. The topological polar surface area (TPSA) is 53.3 Å². The van der Waals surface area contributed by atoms with E-state index in [4.69, 9.17) is 10.00 Å². The van der Waals surface area contributed by atoms with E-state index in [1.165, 1.54) is 11.6 Å². The van der Waals surface area contributed by atoms with Gasteiger partial charge in [0.15, 0.2) is 11.6 Å². The lowest BCUT2D eigenvalue weighted by molar-refractivity contribution is -0.132. The number of aryl methyl sites for hydroxylation is 1. The van der Waals surface area contributed by atoms with Crippen molar-refractivity contribution in [3.63, 3.8) is 0 Å². The normalized spacial score (nSPS) is 17.3. The van der Waals surface area contributed by atoms with Gasteiger partial charge in [-0.15, -0.1) is 6.58 Å². The van der Waals surface area contributed by atoms with E-state index >= 15 is 0 Å². The summed E-state index contributed by atoms with van der Waals surface area (Å²) in [5, 5.41) is 8.95. The molecular formula is C30H29FN2O2. The van der Waals surface area contributed by atoms with E-state index in [1.807, 2.05) is 23.1 Å². The second-order valence-corrected chi connectivity index (χ2v) is 8.88. The molecule has 0 aliphatic carbocycles. The Balaban J connectivity index is 1.40. The zero-order chi connectivity index (χ0) is 24.6. The van der Waals surface area contributed by atoms with Gasteiger partial charge in [-0.3, -0.25) is 4.79 Å². The Kier molecular flexibility index (Phi) is 7.95. The molecule has 35 heavy (non-hydrogen) atoms. The third-order valence-electron chi connectivity index (χ3n) is 6.50. The van der Waals surface area contributed by atoms with Gasteiger partial charge in [-0.1, -0.05) is 54.6 Å². The molecule has 0 N–H and O–H groups in total. The largest absolute Gasteiger partial charge is 0.488 e. The van der Waals surface area contributed by atoms with E-state index in [0.29, 0.717) is 30.5 Å². The Morgan fingerprint density at radius 3 is 2.51 bits per heavy atom. The lowest BCUT2D eigenvalue weighted by Gasteiger charge is -2.25. The van der Waals surface area contributed by atoms with Crippen molar-refractivity contribution < 1.29 is 13.9 Å². The summed E-state index contributed by atoms with van der Waals surface area (Å²) in [6, 6.07) is 24.1. The molecule has 0 bridgehead atoms. The second-order valence-electron chi connectivity index (χ2n) is 8.88. The molecule has 3 aromatic rings. The summed E-state index contributed by atoms with van der Waals surface area (Å²) in [4.78, 5) is 14.9. The molecular weight excluding hydrogens is 439 g/mol. The average molecular weight is 469 g/mol. The van der Waals surface area contributed by atoms with Crippen molar-refractivity contribution in [1.82, 2.24) is 4.90 Å². The number of allylic oxidation sites excluding steroid dienone is 1. The lowest BCUT2D eigenvalue weighted by Crippen LogP contribution is -2.38. The molecule has 1 aliphatic heterocycles. The number of carbonyl (C=O) groups is 1. The van der Waals surface area contributed by atoms with Crippen LogP contribution in [0.4, 0.5) is 4.39 Å². The molecule has 2 atom stereocenters. The molecule has 4 rings (SSSR count). The van der Waals surface area contributed by atoms with E-state index < -0.39 is 5.82 Å². The van der Waals surface area contributed by atoms with Crippen LogP contribution in [0.2, 0.25) is 0 Å². The maximum absolute atomic E-state index is 14.8. The quantitative estimate of drug-likeness (QED) is 0.335. The van der Waals surface area contributed by atoms with Crippen LogP contribution in [0, 0.1) is 23.1 Å². The fourth-order valence-electron chi connectivity index (χ4n) is 4.64. The maximum Gasteiger partial charge on any atom is 0.226 e. The van der Waals surface area contributed by atoms with Crippen LogP contribution in [-0.4, -0.2) is 30.0 Å². The molecule has 1 heterocycles. The number of likely N-dealkylation sites (tertiary alicyclic amines) is 1. The van der Waals surface area contributed by atoms with Crippen molar-refractivity contribution in [3.05, 3.63) is 102 Å². The van der Waals surface area contributed by atoms with Crippen LogP contribution in [0.5, 0.6) is 5.75 Å². The molecule has 1 saturated heterocycles. The molecule has 1 aliphatic rings. The van der Waals surface area contributed by atoms with Crippen molar-refractivity contribution in [1.29, 1.82) is 5.26 Å². The third-order valence-corrected chi connectivity index (χ3v) is 6.50. The number of halogens is 1. The van der Waals surface area contributed by atoms with Gasteiger partial charge < -0.3 is 9.64 Å². The Morgan fingerprint density at radius 2 is 1.83 bits per heavy atom. The van der Waals surface area contributed by atoms with Crippen molar-refractivity contribution in [2.45, 2.75) is 31.7 Å². The SMILES string of the molecule is C=CC[C@@H]1C[C@@H](COc2ccc(-c3ccc(C#N)cc3)cc2F)N(CCCc2ccccc2)C1=O. The fraction of sp³-hybridized carbons (Fsp3) is 0.267. The van der Waals surface area contributed by atoms with E-state index in [2.05, 4.69) is 24.8 Å². The number of nitrogens with zero attached hydrogens (tertiary/aromatic N) is 2. The van der Waals surface area contributed by atoms with Crippen LogP contribution in [0.3, 0.4) is 0 Å². The number of carbonyl (C=O) groups excluding carboxylic acids is 1. The third kappa shape index (κ3) is 5.96. The van der Waals surface area contributed by atoms with Gasteiger partial charge in [0.05, 0.1) is 17.7 Å². The minimum absolute atomic E-state index is 0.0959. The predicted molar refractivity (Wildman–Crippen MR) is 135 cm³/mol. The van der Waals surface area contributed by atoms with E-state index in [-0.39, 0.29) is 30.2 Å². The van der Waals surface area contributed by atoms with Gasteiger partial charge in [0.2, 0.25) is 5.91 Å². The van der Waals surface area contributed by atoms with Gasteiger partial charge in [-0.2, -0.15) is 5.26 Å². The van der Waals surface area contributed by atoms with Crippen LogP contribution < -0.4 is 4.74 Å². The molecule has 1 fully saturated rings. The molecule has 0 radical (unpaired) electrons. The number of amides is 1. The number of rotatable bonds is 10. The summed E-state index contributed by atoms with van der Waals surface area (Å²) in [5.41, 5.74) is 3.35. The molecule has 0 unspecified atom stereocenters. The highest BCUT2D eigenvalue weighted by atomic mass is 19.1. The molecule has 4 nitrogen and oxygen atoms in total. The van der Waals surface area contributed by atoms with Gasteiger partial charge in [-0.25, -0.2) is 4.39 Å². The fourth-order valence-corrected chi connectivity index (χ4v) is 4.64. The standard InChI is InChI=1S/C30H29FN2O2/c1-2-7-26-18-27(33(30(26)34)17-6-10-22-8-4-3-5-9-22)21-35-29-16-15-25(19-28(29)31)24-13-11-23(20-32)12-14-24/h2-5,8-9,11-16,19,26-27H,1,6-7,10,17-18,21H2/t26-,27+/m1/s1. The minimum atomic E-state index is -0.450. The summed E-state index contributed by atoms with van der Waals surface area (Å²) in [5.74, 6) is -0.245. The van der Waals surface area contributed by atoms with Crippen LogP contribution in [0.15, 0.2) is 85.5 Å². The van der Waals surface area contributed by atoms with Gasteiger partial charge in [0.25, 0.3) is 0 Å². The van der Waals surface area contributed by atoms with Gasteiger partial charge in [-0.05, 0) is 66.6 Å². The summed E-state index contributed by atoms with van der Waals surface area (Å²) >= 11 is 0. The molecule has 0 saturated carbocycles. The first-order chi connectivity index (χ1) is 17.1. The van der Waals surface area contributed by atoms with E-state index in [0.717, 1.165) is 18.4 Å². The molecule has 1 amide bonds. The maximum atomic E-state index is 14.8. The minimum Gasteiger partial charge on any atom is -0.488 e. The number of nitriles is 1. The Morgan fingerprint density at radius 1 is 1.09 bits per heavy atom. The van der Waals surface area contributed by atoms with Crippen molar-refractivity contribution in [2.75, 3.05) is 13.2 Å². The second kappa shape index (κ2) is 11.5. The summed E-state index contributed by atoms with van der Waals surface area (Å²) in [6.45, 7) is 4.69. The van der Waals surface area contributed by atoms with E-state index in [9.17, 15) is 9.18 Å². The van der Waals surface area contributed by atoms with E-state index in [1.54, 1.807) is 42.5 Å². The first-order valence-electron chi connectivity index (χ1n) is 12.0. The van der Waals surface area contributed by atoms with Crippen molar-refractivity contribution in [2.24, 2.45) is 5.92 Å². The van der Waals surface area contributed by atoms with Gasteiger partial charge >= 0.3 is 0 Å². The number of ether oxygens (including phenoxy) is 1. The number of hydrogen-bond acceptors (Lipinski definition) is 3. The summed E-state index contributed by atoms with van der Waals surface area (Å²) < 4.78 is 20.7. The van der Waals surface area contributed by atoms with Gasteiger partial charge in [0, 0.05) is 12.5 Å². The highest BCUT2D eigenvalue weighted by Gasteiger charge is 2.38. The molecule has 0 spiro atoms. The van der Waals surface area contributed by atoms with Crippen LogP contribution in [0.1, 0.15) is 30.4 Å². The Bertz CT molecular complexity index is 1200. The van der Waals surface area contributed by atoms with Crippen LogP contribution in [-0.2, 0) is 11.2 Å². The Hall–Kier alpha value is -3.91. The first kappa shape index (κ1) is 24.2. The number of benzene rings is 3. The lowest BCUT2D eigenvalue weighted by atomic mass is 10.0. The summed E-state index contributed by atoms with van der Waals surface area (Å²) in [7, 11) is 0. The Labute approximate surface area is 206 Å². The molecule has 3 aromatic carbocycles. The highest BCUT2D eigenvalue weighted by Crippen LogP contribution is 2.30. The van der Waals surface area contributed by atoms with Crippen LogP contribution in [0.25, 0.3) is 11.1 Å². The highest BCUT2D eigenvalue weighted by molar-refractivity contribution is 5.81. The number of hydrogen-bond donors (Lipinski definition) is 0. The summed E-state index contributed by atoms with van der Waals surface area (Å²) in [6.07, 6.45) is 4.87. The molecule has 5 heteroatoms.